The highest BCUT2D eigenvalue weighted by molar-refractivity contribution is 6.09. The minimum atomic E-state index is -0.490. The molecule has 4 aromatic rings. The number of rotatable bonds is 3. The fourth-order valence-corrected chi connectivity index (χ4v) is 3.30. The Morgan fingerprint density at radius 3 is 2.32 bits per heavy atom. The highest BCUT2D eigenvalue weighted by Crippen LogP contribution is 2.31. The van der Waals surface area contributed by atoms with Crippen LogP contribution < -0.4 is 10.9 Å². The summed E-state index contributed by atoms with van der Waals surface area (Å²) in [5, 5.41) is 2.87. The Kier molecular flexibility index (Phi) is 4.57. The molecule has 4 rings (SSSR count). The first-order valence-corrected chi connectivity index (χ1v) is 9.19. The quantitative estimate of drug-likeness (QED) is 0.519. The molecule has 140 valence electrons. The lowest BCUT2D eigenvalue weighted by molar-refractivity contribution is 0.0831. The monoisotopic (exact) mass is 372 g/mol. The molecule has 0 saturated carbocycles. The van der Waals surface area contributed by atoms with Crippen LogP contribution in [0.5, 0.6) is 0 Å². The van der Waals surface area contributed by atoms with Crippen LogP contribution in [0.1, 0.15) is 39.0 Å². The van der Waals surface area contributed by atoms with E-state index in [1.165, 1.54) is 0 Å². The zero-order valence-corrected chi connectivity index (χ0v) is 15.7. The number of hydrazine groups is 1. The van der Waals surface area contributed by atoms with Crippen LogP contribution in [-0.4, -0.2) is 11.8 Å². The van der Waals surface area contributed by atoms with Gasteiger partial charge in [-0.25, -0.2) is 0 Å². The summed E-state index contributed by atoms with van der Waals surface area (Å²) in [6.07, 6.45) is 0.901. The van der Waals surface area contributed by atoms with Gasteiger partial charge in [-0.3, -0.25) is 20.4 Å². The van der Waals surface area contributed by atoms with Crippen molar-refractivity contribution in [2.75, 3.05) is 0 Å². The number of fused-ring (bicyclic) bond motifs is 3. The third kappa shape index (κ3) is 3.11. The SMILES string of the molecule is CCc1ccc(C(=O)NNC(=O)c2oc3c(ccc4ccccc43)c2C)cc1. The molecule has 0 bridgehead atoms. The van der Waals surface area contributed by atoms with Crippen molar-refractivity contribution in [1.82, 2.24) is 10.9 Å². The van der Waals surface area contributed by atoms with Crippen molar-refractivity contribution in [2.24, 2.45) is 0 Å². The maximum atomic E-state index is 12.6. The van der Waals surface area contributed by atoms with Crippen LogP contribution in [0, 0.1) is 6.92 Å². The van der Waals surface area contributed by atoms with E-state index in [2.05, 4.69) is 10.9 Å². The van der Waals surface area contributed by atoms with E-state index in [1.54, 1.807) is 12.1 Å². The van der Waals surface area contributed by atoms with Gasteiger partial charge in [-0.15, -0.1) is 0 Å². The largest absolute Gasteiger partial charge is 0.450 e. The highest BCUT2D eigenvalue weighted by Gasteiger charge is 2.19. The first kappa shape index (κ1) is 17.8. The fraction of sp³-hybridized carbons (Fsp3) is 0.130. The highest BCUT2D eigenvalue weighted by atomic mass is 16.3. The Balaban J connectivity index is 1.56. The summed E-state index contributed by atoms with van der Waals surface area (Å²) in [6, 6.07) is 19.1. The van der Waals surface area contributed by atoms with Gasteiger partial charge in [0.05, 0.1) is 0 Å². The van der Waals surface area contributed by atoms with Crippen molar-refractivity contribution >= 4 is 33.6 Å². The third-order valence-electron chi connectivity index (χ3n) is 4.95. The standard InChI is InChI=1S/C23H20N2O3/c1-3-15-8-10-17(11-9-15)22(26)24-25-23(27)20-14(2)18-13-12-16-6-4-5-7-19(16)21(18)28-20/h4-13H,3H2,1-2H3,(H,24,26)(H,25,27). The molecule has 28 heavy (non-hydrogen) atoms. The van der Waals surface area contributed by atoms with E-state index < -0.39 is 5.91 Å². The summed E-state index contributed by atoms with van der Waals surface area (Å²) in [5.41, 5.74) is 7.91. The van der Waals surface area contributed by atoms with Gasteiger partial charge in [0.2, 0.25) is 0 Å². The lowest BCUT2D eigenvalue weighted by Crippen LogP contribution is -2.41. The molecule has 0 aliphatic carbocycles. The van der Waals surface area contributed by atoms with Crippen LogP contribution in [0.15, 0.2) is 65.1 Å². The lowest BCUT2D eigenvalue weighted by Gasteiger charge is -2.07. The molecule has 2 N–H and O–H groups in total. The molecule has 0 spiro atoms. The summed E-state index contributed by atoms with van der Waals surface area (Å²) in [6.45, 7) is 3.88. The number of benzene rings is 3. The smallest absolute Gasteiger partial charge is 0.305 e. The van der Waals surface area contributed by atoms with Crippen LogP contribution in [0.25, 0.3) is 21.7 Å². The number of amides is 2. The van der Waals surface area contributed by atoms with Crippen molar-refractivity contribution in [1.29, 1.82) is 0 Å². The molecule has 2 amide bonds. The maximum Gasteiger partial charge on any atom is 0.305 e. The molecule has 0 atom stereocenters. The van der Waals surface area contributed by atoms with Crippen molar-refractivity contribution in [3.05, 3.63) is 83.1 Å². The van der Waals surface area contributed by atoms with E-state index >= 15 is 0 Å². The molecule has 0 unspecified atom stereocenters. The number of aryl methyl sites for hydroxylation is 2. The summed E-state index contributed by atoms with van der Waals surface area (Å²) in [4.78, 5) is 24.8. The number of carbonyl (C=O) groups is 2. The normalized spacial score (nSPS) is 10.9. The van der Waals surface area contributed by atoms with Gasteiger partial charge in [-0.1, -0.05) is 55.5 Å². The number of carbonyl (C=O) groups excluding carboxylic acids is 2. The van der Waals surface area contributed by atoms with Crippen molar-refractivity contribution in [2.45, 2.75) is 20.3 Å². The van der Waals surface area contributed by atoms with E-state index in [0.29, 0.717) is 11.1 Å². The predicted octanol–water partition coefficient (Wildman–Crippen LogP) is 4.53. The van der Waals surface area contributed by atoms with Crippen LogP contribution in [-0.2, 0) is 6.42 Å². The zero-order chi connectivity index (χ0) is 19.7. The molecule has 5 nitrogen and oxygen atoms in total. The van der Waals surface area contributed by atoms with Crippen LogP contribution in [0.3, 0.4) is 0 Å². The molecule has 0 aliphatic rings. The van der Waals surface area contributed by atoms with E-state index in [1.807, 2.05) is 62.4 Å². The van der Waals surface area contributed by atoms with Gasteiger partial charge in [-0.05, 0) is 36.4 Å². The average Bonchev–Trinajstić information content (AvgIpc) is 3.09. The summed E-state index contributed by atoms with van der Waals surface area (Å²) in [7, 11) is 0. The molecule has 3 aromatic carbocycles. The Bertz CT molecular complexity index is 1190. The first-order chi connectivity index (χ1) is 13.6. The average molecular weight is 372 g/mol. The lowest BCUT2D eigenvalue weighted by atomic mass is 10.1. The predicted molar refractivity (Wildman–Crippen MR) is 109 cm³/mol. The van der Waals surface area contributed by atoms with Gasteiger partial charge < -0.3 is 4.42 Å². The van der Waals surface area contributed by atoms with Gasteiger partial charge in [-0.2, -0.15) is 0 Å². The third-order valence-corrected chi connectivity index (χ3v) is 4.95. The number of hydrogen-bond donors (Lipinski definition) is 2. The Morgan fingerprint density at radius 2 is 1.57 bits per heavy atom. The molecular weight excluding hydrogens is 352 g/mol. The minimum absolute atomic E-state index is 0.188. The van der Waals surface area contributed by atoms with Gasteiger partial charge in [0.15, 0.2) is 5.76 Å². The summed E-state index contributed by atoms with van der Waals surface area (Å²) in [5.74, 6) is -0.681. The van der Waals surface area contributed by atoms with Gasteiger partial charge >= 0.3 is 5.91 Å². The summed E-state index contributed by atoms with van der Waals surface area (Å²) < 4.78 is 5.88. The topological polar surface area (TPSA) is 71.3 Å². The van der Waals surface area contributed by atoms with Crippen molar-refractivity contribution in [3.63, 3.8) is 0 Å². The number of hydrogen-bond acceptors (Lipinski definition) is 3. The van der Waals surface area contributed by atoms with E-state index in [4.69, 9.17) is 4.42 Å². The van der Waals surface area contributed by atoms with Gasteiger partial charge in [0, 0.05) is 21.9 Å². The van der Waals surface area contributed by atoms with E-state index in [0.717, 1.165) is 33.7 Å². The zero-order valence-electron chi connectivity index (χ0n) is 15.7. The Morgan fingerprint density at radius 1 is 0.857 bits per heavy atom. The number of furan rings is 1. The second-order valence-electron chi connectivity index (χ2n) is 6.68. The van der Waals surface area contributed by atoms with Crippen molar-refractivity contribution in [3.8, 4) is 0 Å². The number of nitrogens with one attached hydrogen (secondary N) is 2. The Labute approximate surface area is 162 Å². The maximum absolute atomic E-state index is 12.6. The first-order valence-electron chi connectivity index (χ1n) is 9.19. The second kappa shape index (κ2) is 7.19. The molecule has 0 aliphatic heterocycles. The van der Waals surface area contributed by atoms with Gasteiger partial charge in [0.1, 0.15) is 5.58 Å². The molecule has 1 aromatic heterocycles. The molecule has 1 heterocycles. The van der Waals surface area contributed by atoms with E-state index in [-0.39, 0.29) is 11.7 Å². The van der Waals surface area contributed by atoms with Crippen LogP contribution in [0.4, 0.5) is 0 Å². The molecule has 0 saturated heterocycles. The van der Waals surface area contributed by atoms with E-state index in [9.17, 15) is 9.59 Å². The van der Waals surface area contributed by atoms with Crippen LogP contribution in [0.2, 0.25) is 0 Å². The molecule has 0 fully saturated rings. The van der Waals surface area contributed by atoms with Crippen molar-refractivity contribution < 1.29 is 14.0 Å². The molecular formula is C23H20N2O3. The molecule has 0 radical (unpaired) electrons. The second-order valence-corrected chi connectivity index (χ2v) is 6.68. The molecule has 5 heteroatoms. The Hall–Kier alpha value is -3.60. The summed E-state index contributed by atoms with van der Waals surface area (Å²) >= 11 is 0. The fourth-order valence-electron chi connectivity index (χ4n) is 3.30. The minimum Gasteiger partial charge on any atom is -0.450 e. The van der Waals surface area contributed by atoms with Gasteiger partial charge in [0.25, 0.3) is 5.91 Å². The van der Waals surface area contributed by atoms with Crippen LogP contribution >= 0.6 is 0 Å².